The fourth-order valence-corrected chi connectivity index (χ4v) is 1.89. The number of hydrogen-bond acceptors (Lipinski definition) is 2. The Labute approximate surface area is 102 Å². The Balaban J connectivity index is 3.67. The van der Waals surface area contributed by atoms with Crippen LogP contribution in [0.25, 0.3) is 0 Å². The fraction of sp³-hybridized carbons (Fsp3) is 0.917. The van der Waals surface area contributed by atoms with Gasteiger partial charge in [-0.2, -0.15) is 0 Å². The third-order valence-electron chi connectivity index (χ3n) is 2.55. The Bertz CT molecular complexity index is 178. The molecule has 0 aromatic rings. The molecule has 3 heteroatoms. The molecule has 15 heavy (non-hydrogen) atoms. The van der Waals surface area contributed by atoms with Crippen molar-refractivity contribution in [3.63, 3.8) is 0 Å². The monoisotopic (exact) mass is 278 g/mol. The van der Waals surface area contributed by atoms with E-state index >= 15 is 0 Å². The molecular weight excluding hydrogens is 256 g/mol. The van der Waals surface area contributed by atoms with Crippen LogP contribution in [0.5, 0.6) is 0 Å². The Morgan fingerprint density at radius 1 is 1.27 bits per heavy atom. The Morgan fingerprint density at radius 3 is 2.47 bits per heavy atom. The number of hydrogen-bond donors (Lipinski definition) is 0. The maximum atomic E-state index is 11.2. The fourth-order valence-electron chi connectivity index (χ4n) is 1.50. The first-order chi connectivity index (χ1) is 7.02. The molecule has 0 radical (unpaired) electrons. The van der Waals surface area contributed by atoms with Crippen LogP contribution in [0.1, 0.15) is 52.9 Å². The molecule has 2 nitrogen and oxygen atoms in total. The van der Waals surface area contributed by atoms with Crippen LogP contribution in [-0.4, -0.2) is 17.9 Å². The van der Waals surface area contributed by atoms with Gasteiger partial charge in [0.25, 0.3) is 0 Å². The normalized spacial score (nSPS) is 11.5. The average Bonchev–Trinajstić information content (AvgIpc) is 2.16. The highest BCUT2D eigenvalue weighted by molar-refractivity contribution is 9.09. The van der Waals surface area contributed by atoms with Crippen LogP contribution in [0, 0.1) is 5.41 Å². The highest BCUT2D eigenvalue weighted by Gasteiger charge is 2.18. The summed E-state index contributed by atoms with van der Waals surface area (Å²) in [5.41, 5.74) is 0.259. The van der Waals surface area contributed by atoms with E-state index in [9.17, 15) is 4.79 Å². The lowest BCUT2D eigenvalue weighted by atomic mass is 9.83. The first-order valence-electron chi connectivity index (χ1n) is 5.73. The predicted molar refractivity (Wildman–Crippen MR) is 67.3 cm³/mol. The summed E-state index contributed by atoms with van der Waals surface area (Å²) in [6.07, 6.45) is 5.09. The van der Waals surface area contributed by atoms with Crippen LogP contribution in [0.3, 0.4) is 0 Å². The van der Waals surface area contributed by atoms with Crippen LogP contribution in [-0.2, 0) is 9.53 Å². The molecule has 0 saturated carbocycles. The molecule has 0 N–H and O–H groups in total. The highest BCUT2D eigenvalue weighted by atomic mass is 79.9. The lowest BCUT2D eigenvalue weighted by Gasteiger charge is -2.23. The van der Waals surface area contributed by atoms with E-state index in [4.69, 9.17) is 4.74 Å². The number of ether oxygens (including phenoxy) is 1. The Morgan fingerprint density at radius 2 is 1.93 bits per heavy atom. The summed E-state index contributed by atoms with van der Waals surface area (Å²) in [7, 11) is 0. The second-order valence-corrected chi connectivity index (χ2v) is 5.41. The number of unbranched alkanes of at least 4 members (excludes halogenated alkanes) is 1. The van der Waals surface area contributed by atoms with Gasteiger partial charge in [-0.1, -0.05) is 36.2 Å². The van der Waals surface area contributed by atoms with Crippen molar-refractivity contribution in [1.29, 1.82) is 0 Å². The Kier molecular flexibility index (Phi) is 8.12. The molecular formula is C12H23BrO2. The second kappa shape index (κ2) is 8.14. The molecule has 0 spiro atoms. The third-order valence-corrected chi connectivity index (χ3v) is 3.11. The number of halogens is 1. The third kappa shape index (κ3) is 8.91. The second-order valence-electron chi connectivity index (χ2n) is 4.62. The van der Waals surface area contributed by atoms with Gasteiger partial charge in [0.15, 0.2) is 0 Å². The summed E-state index contributed by atoms with van der Waals surface area (Å²) in [6.45, 7) is 6.78. The van der Waals surface area contributed by atoms with Gasteiger partial charge >= 0.3 is 5.97 Å². The van der Waals surface area contributed by atoms with E-state index in [-0.39, 0.29) is 11.4 Å². The molecule has 0 bridgehead atoms. The van der Waals surface area contributed by atoms with Crippen LogP contribution in [0.4, 0.5) is 0 Å². The smallest absolute Gasteiger partial charge is 0.305 e. The highest BCUT2D eigenvalue weighted by Crippen LogP contribution is 2.29. The molecule has 0 rings (SSSR count). The topological polar surface area (TPSA) is 26.3 Å². The molecule has 0 aliphatic heterocycles. The zero-order chi connectivity index (χ0) is 11.7. The molecule has 0 heterocycles. The number of esters is 1. The van der Waals surface area contributed by atoms with Gasteiger partial charge in [-0.25, -0.2) is 0 Å². The van der Waals surface area contributed by atoms with Crippen molar-refractivity contribution in [1.82, 2.24) is 0 Å². The minimum absolute atomic E-state index is 0.0638. The van der Waals surface area contributed by atoms with Crippen LogP contribution in [0.15, 0.2) is 0 Å². The van der Waals surface area contributed by atoms with Crippen molar-refractivity contribution < 1.29 is 9.53 Å². The standard InChI is InChI=1S/C12H23BrO2/c1-4-15-11(14)7-9-12(2,3)8-5-6-10-13/h4-10H2,1-3H3. The molecule has 0 saturated heterocycles. The maximum absolute atomic E-state index is 11.2. The molecule has 0 fully saturated rings. The van der Waals surface area contributed by atoms with Crippen molar-refractivity contribution in [2.45, 2.75) is 52.9 Å². The number of rotatable bonds is 8. The zero-order valence-electron chi connectivity index (χ0n) is 10.1. The summed E-state index contributed by atoms with van der Waals surface area (Å²) in [4.78, 5) is 11.2. The van der Waals surface area contributed by atoms with Crippen molar-refractivity contribution in [2.75, 3.05) is 11.9 Å². The van der Waals surface area contributed by atoms with Gasteiger partial charge < -0.3 is 4.74 Å². The minimum atomic E-state index is -0.0638. The molecule has 0 aromatic heterocycles. The summed E-state index contributed by atoms with van der Waals surface area (Å²) < 4.78 is 4.92. The molecule has 0 unspecified atom stereocenters. The van der Waals surface area contributed by atoms with Crippen molar-refractivity contribution in [2.24, 2.45) is 5.41 Å². The van der Waals surface area contributed by atoms with E-state index in [0.717, 1.165) is 11.8 Å². The minimum Gasteiger partial charge on any atom is -0.466 e. The summed E-state index contributed by atoms with van der Waals surface area (Å²) in [6, 6.07) is 0. The van der Waals surface area contributed by atoms with Crippen molar-refractivity contribution in [3.05, 3.63) is 0 Å². The predicted octanol–water partition coefficient (Wildman–Crippen LogP) is 3.92. The number of carbonyl (C=O) groups excluding carboxylic acids is 1. The SMILES string of the molecule is CCOC(=O)CCC(C)(C)CCCCBr. The van der Waals surface area contributed by atoms with E-state index in [1.165, 1.54) is 19.3 Å². The number of carbonyl (C=O) groups is 1. The van der Waals surface area contributed by atoms with E-state index in [2.05, 4.69) is 29.8 Å². The largest absolute Gasteiger partial charge is 0.466 e. The molecule has 0 amide bonds. The Hall–Kier alpha value is -0.0500. The lowest BCUT2D eigenvalue weighted by Crippen LogP contribution is -2.15. The quantitative estimate of drug-likeness (QED) is 0.382. The van der Waals surface area contributed by atoms with Gasteiger partial charge in [-0.3, -0.25) is 4.79 Å². The van der Waals surface area contributed by atoms with E-state index in [1.54, 1.807) is 0 Å². The molecule has 0 aromatic carbocycles. The maximum Gasteiger partial charge on any atom is 0.305 e. The van der Waals surface area contributed by atoms with Gasteiger partial charge in [0.2, 0.25) is 0 Å². The van der Waals surface area contributed by atoms with Gasteiger partial charge in [0, 0.05) is 11.8 Å². The van der Waals surface area contributed by atoms with E-state index in [1.807, 2.05) is 6.92 Å². The van der Waals surface area contributed by atoms with Crippen LogP contribution >= 0.6 is 15.9 Å². The van der Waals surface area contributed by atoms with Gasteiger partial charge in [-0.05, 0) is 31.6 Å². The number of alkyl halides is 1. The van der Waals surface area contributed by atoms with Crippen LogP contribution in [0.2, 0.25) is 0 Å². The van der Waals surface area contributed by atoms with Crippen molar-refractivity contribution >= 4 is 21.9 Å². The van der Waals surface area contributed by atoms with Crippen molar-refractivity contribution in [3.8, 4) is 0 Å². The molecule has 0 aliphatic carbocycles. The molecule has 0 atom stereocenters. The van der Waals surface area contributed by atoms with Gasteiger partial charge in [-0.15, -0.1) is 0 Å². The summed E-state index contributed by atoms with van der Waals surface area (Å²) in [5, 5.41) is 1.07. The molecule has 90 valence electrons. The van der Waals surface area contributed by atoms with Crippen LogP contribution < -0.4 is 0 Å². The summed E-state index contributed by atoms with van der Waals surface area (Å²) in [5.74, 6) is -0.0638. The van der Waals surface area contributed by atoms with E-state index < -0.39 is 0 Å². The molecule has 0 aliphatic rings. The van der Waals surface area contributed by atoms with Gasteiger partial charge in [0.05, 0.1) is 6.61 Å². The van der Waals surface area contributed by atoms with Gasteiger partial charge in [0.1, 0.15) is 0 Å². The zero-order valence-corrected chi connectivity index (χ0v) is 11.7. The lowest BCUT2D eigenvalue weighted by molar-refractivity contribution is -0.143. The average molecular weight is 279 g/mol. The first kappa shape index (κ1) is 14.9. The first-order valence-corrected chi connectivity index (χ1v) is 6.85. The van der Waals surface area contributed by atoms with E-state index in [0.29, 0.717) is 13.0 Å². The summed E-state index contributed by atoms with van der Waals surface area (Å²) >= 11 is 3.43.